The van der Waals surface area contributed by atoms with Gasteiger partial charge in [-0.2, -0.15) is 0 Å². The van der Waals surface area contributed by atoms with Crippen molar-refractivity contribution in [3.05, 3.63) is 58.1 Å². The van der Waals surface area contributed by atoms with Crippen LogP contribution in [-0.4, -0.2) is 19.5 Å². The monoisotopic (exact) mass is 362 g/mol. The van der Waals surface area contributed by atoms with E-state index in [-0.39, 0.29) is 12.4 Å². The number of methoxy groups -OCH3 is 1. The fraction of sp³-hybridized carbons (Fsp3) is 0.278. The second-order valence-electron chi connectivity index (χ2n) is 4.92. The van der Waals surface area contributed by atoms with Crippen molar-refractivity contribution < 1.29 is 14.3 Å². The average Bonchev–Trinajstić information content (AvgIpc) is 2.55. The Bertz CT molecular complexity index is 638. The number of ether oxygens (including phenoxy) is 2. The van der Waals surface area contributed by atoms with Crippen molar-refractivity contribution in [1.29, 1.82) is 0 Å². The van der Waals surface area contributed by atoms with Crippen LogP contribution in [0.4, 0.5) is 0 Å². The highest BCUT2D eigenvalue weighted by Crippen LogP contribution is 2.34. The average molecular weight is 363 g/mol. The SMILES string of the molecule is CCCc1cc(OC)c(OCC(=O)c2ccccc2)cc1Br. The van der Waals surface area contributed by atoms with Crippen LogP contribution in [0.15, 0.2) is 46.9 Å². The molecule has 3 nitrogen and oxygen atoms in total. The number of carbonyl (C=O) groups is 1. The molecular weight excluding hydrogens is 344 g/mol. The molecule has 0 heterocycles. The molecule has 0 aliphatic carbocycles. The minimum atomic E-state index is -0.0589. The quantitative estimate of drug-likeness (QED) is 0.671. The molecule has 0 aliphatic heterocycles. The Morgan fingerprint density at radius 3 is 2.50 bits per heavy atom. The van der Waals surface area contributed by atoms with Crippen molar-refractivity contribution in [2.75, 3.05) is 13.7 Å². The summed E-state index contributed by atoms with van der Waals surface area (Å²) < 4.78 is 12.0. The maximum absolute atomic E-state index is 12.1. The first-order valence-electron chi connectivity index (χ1n) is 7.23. The summed E-state index contributed by atoms with van der Waals surface area (Å²) in [5.74, 6) is 1.16. The molecule has 4 heteroatoms. The molecule has 0 bridgehead atoms. The molecule has 2 aromatic rings. The van der Waals surface area contributed by atoms with Gasteiger partial charge in [0.05, 0.1) is 7.11 Å². The maximum Gasteiger partial charge on any atom is 0.200 e. The van der Waals surface area contributed by atoms with Crippen molar-refractivity contribution in [3.63, 3.8) is 0 Å². The lowest BCUT2D eigenvalue weighted by Gasteiger charge is -2.13. The summed E-state index contributed by atoms with van der Waals surface area (Å²) in [5, 5.41) is 0. The number of Topliss-reactive ketones (excluding diaryl/α,β-unsaturated/α-hetero) is 1. The van der Waals surface area contributed by atoms with E-state index in [0.29, 0.717) is 17.1 Å². The fourth-order valence-electron chi connectivity index (χ4n) is 2.16. The number of carbonyl (C=O) groups excluding carboxylic acids is 1. The molecule has 22 heavy (non-hydrogen) atoms. The van der Waals surface area contributed by atoms with Gasteiger partial charge in [-0.05, 0) is 24.1 Å². The molecule has 2 rings (SSSR count). The zero-order chi connectivity index (χ0) is 15.9. The highest BCUT2D eigenvalue weighted by molar-refractivity contribution is 9.10. The zero-order valence-electron chi connectivity index (χ0n) is 12.8. The lowest BCUT2D eigenvalue weighted by molar-refractivity contribution is 0.0919. The number of rotatable bonds is 7. The Hall–Kier alpha value is -1.81. The molecule has 0 aliphatic rings. The van der Waals surface area contributed by atoms with Crippen molar-refractivity contribution >= 4 is 21.7 Å². The first-order valence-corrected chi connectivity index (χ1v) is 8.02. The first kappa shape index (κ1) is 16.6. The van der Waals surface area contributed by atoms with Gasteiger partial charge in [0, 0.05) is 10.0 Å². The van der Waals surface area contributed by atoms with E-state index < -0.39 is 0 Å². The molecule has 116 valence electrons. The van der Waals surface area contributed by atoms with Gasteiger partial charge in [0.2, 0.25) is 0 Å². The molecule has 0 spiro atoms. The van der Waals surface area contributed by atoms with E-state index in [1.807, 2.05) is 30.3 Å². The van der Waals surface area contributed by atoms with E-state index >= 15 is 0 Å². The Balaban J connectivity index is 2.12. The van der Waals surface area contributed by atoms with Gasteiger partial charge in [0.15, 0.2) is 23.9 Å². The van der Waals surface area contributed by atoms with Crippen molar-refractivity contribution in [1.82, 2.24) is 0 Å². The van der Waals surface area contributed by atoms with Crippen LogP contribution in [-0.2, 0) is 6.42 Å². The molecule has 0 amide bonds. The molecule has 0 unspecified atom stereocenters. The van der Waals surface area contributed by atoms with E-state index in [9.17, 15) is 4.79 Å². The number of ketones is 1. The van der Waals surface area contributed by atoms with Crippen LogP contribution in [0.2, 0.25) is 0 Å². The Morgan fingerprint density at radius 1 is 1.14 bits per heavy atom. The molecule has 0 radical (unpaired) electrons. The topological polar surface area (TPSA) is 35.5 Å². The van der Waals surface area contributed by atoms with Gasteiger partial charge in [-0.15, -0.1) is 0 Å². The van der Waals surface area contributed by atoms with Gasteiger partial charge < -0.3 is 9.47 Å². The van der Waals surface area contributed by atoms with E-state index in [1.54, 1.807) is 19.2 Å². The van der Waals surface area contributed by atoms with Crippen molar-refractivity contribution in [2.45, 2.75) is 19.8 Å². The lowest BCUT2D eigenvalue weighted by atomic mass is 10.1. The minimum absolute atomic E-state index is 0.0140. The van der Waals surface area contributed by atoms with Gasteiger partial charge in [-0.1, -0.05) is 59.6 Å². The molecule has 0 N–H and O–H groups in total. The Morgan fingerprint density at radius 2 is 1.86 bits per heavy atom. The third kappa shape index (κ3) is 4.10. The Kier molecular flexibility index (Phi) is 6.01. The predicted octanol–water partition coefficient (Wildman–Crippen LogP) is 4.67. The second-order valence-corrected chi connectivity index (χ2v) is 5.78. The largest absolute Gasteiger partial charge is 0.493 e. The van der Waals surface area contributed by atoms with E-state index in [4.69, 9.17) is 9.47 Å². The highest BCUT2D eigenvalue weighted by atomic mass is 79.9. The lowest BCUT2D eigenvalue weighted by Crippen LogP contribution is -2.12. The van der Waals surface area contributed by atoms with Crippen LogP contribution in [0.25, 0.3) is 0 Å². The third-order valence-electron chi connectivity index (χ3n) is 3.31. The standard InChI is InChI=1S/C18H19BrO3/c1-3-7-14-10-17(21-2)18(11-15(14)19)22-12-16(20)13-8-5-4-6-9-13/h4-6,8-11H,3,7,12H2,1-2H3. The fourth-order valence-corrected chi connectivity index (χ4v) is 2.68. The summed E-state index contributed by atoms with van der Waals surface area (Å²) in [7, 11) is 1.60. The van der Waals surface area contributed by atoms with Crippen LogP contribution in [0.5, 0.6) is 11.5 Å². The Labute approximate surface area is 139 Å². The molecule has 0 saturated heterocycles. The van der Waals surface area contributed by atoms with Gasteiger partial charge >= 0.3 is 0 Å². The summed E-state index contributed by atoms with van der Waals surface area (Å²) in [6, 6.07) is 12.9. The summed E-state index contributed by atoms with van der Waals surface area (Å²) in [5.41, 5.74) is 1.81. The zero-order valence-corrected chi connectivity index (χ0v) is 14.4. The van der Waals surface area contributed by atoms with Gasteiger partial charge in [0.25, 0.3) is 0 Å². The number of benzene rings is 2. The minimum Gasteiger partial charge on any atom is -0.493 e. The van der Waals surface area contributed by atoms with E-state index in [2.05, 4.69) is 22.9 Å². The van der Waals surface area contributed by atoms with Crippen LogP contribution >= 0.6 is 15.9 Å². The van der Waals surface area contributed by atoms with Gasteiger partial charge in [0.1, 0.15) is 0 Å². The molecule has 0 saturated carbocycles. The van der Waals surface area contributed by atoms with Crippen molar-refractivity contribution in [2.24, 2.45) is 0 Å². The summed E-state index contributed by atoms with van der Waals surface area (Å²) in [6.07, 6.45) is 2.01. The molecule has 2 aromatic carbocycles. The molecular formula is C18H19BrO3. The third-order valence-corrected chi connectivity index (χ3v) is 4.04. The van der Waals surface area contributed by atoms with E-state index in [1.165, 1.54) is 5.56 Å². The molecule has 0 fully saturated rings. The van der Waals surface area contributed by atoms with Gasteiger partial charge in [-0.25, -0.2) is 0 Å². The molecule has 0 aromatic heterocycles. The second kappa shape index (κ2) is 7.99. The van der Waals surface area contributed by atoms with E-state index in [0.717, 1.165) is 17.3 Å². The number of halogens is 1. The van der Waals surface area contributed by atoms with Crippen LogP contribution in [0, 0.1) is 0 Å². The summed E-state index contributed by atoms with van der Waals surface area (Å²) >= 11 is 3.54. The predicted molar refractivity (Wildman–Crippen MR) is 91.0 cm³/mol. The number of hydrogen-bond donors (Lipinski definition) is 0. The smallest absolute Gasteiger partial charge is 0.200 e. The normalized spacial score (nSPS) is 10.3. The van der Waals surface area contributed by atoms with Gasteiger partial charge in [-0.3, -0.25) is 4.79 Å². The first-order chi connectivity index (χ1) is 10.7. The van der Waals surface area contributed by atoms with Crippen LogP contribution in [0.3, 0.4) is 0 Å². The van der Waals surface area contributed by atoms with Crippen LogP contribution in [0.1, 0.15) is 29.3 Å². The number of hydrogen-bond acceptors (Lipinski definition) is 3. The van der Waals surface area contributed by atoms with Crippen molar-refractivity contribution in [3.8, 4) is 11.5 Å². The summed E-state index contributed by atoms with van der Waals surface area (Å²) in [6.45, 7) is 2.11. The molecule has 0 atom stereocenters. The maximum atomic E-state index is 12.1. The number of aryl methyl sites for hydroxylation is 1. The highest BCUT2D eigenvalue weighted by Gasteiger charge is 2.12. The van der Waals surface area contributed by atoms with Crippen LogP contribution < -0.4 is 9.47 Å². The summed E-state index contributed by atoms with van der Waals surface area (Å²) in [4.78, 5) is 12.1.